The minimum Gasteiger partial charge on any atom is -0.383 e. The summed E-state index contributed by atoms with van der Waals surface area (Å²) in [4.78, 5) is 6.34. The molecule has 1 aromatic carbocycles. The van der Waals surface area contributed by atoms with Gasteiger partial charge in [-0.05, 0) is 25.5 Å². The van der Waals surface area contributed by atoms with Crippen LogP contribution in [0.15, 0.2) is 41.7 Å². The molecule has 6 nitrogen and oxygen atoms in total. The fourth-order valence-corrected chi connectivity index (χ4v) is 3.84. The van der Waals surface area contributed by atoms with E-state index in [-0.39, 0.29) is 10.9 Å². The van der Waals surface area contributed by atoms with Gasteiger partial charge >= 0.3 is 0 Å². The molecule has 0 amide bonds. The number of ether oxygens (including phenoxy) is 1. The maximum absolute atomic E-state index is 12.4. The van der Waals surface area contributed by atoms with Gasteiger partial charge in [0.25, 0.3) is 0 Å². The fourth-order valence-electron chi connectivity index (χ4n) is 2.82. The van der Waals surface area contributed by atoms with Gasteiger partial charge in [-0.3, -0.25) is 4.90 Å². The lowest BCUT2D eigenvalue weighted by Crippen LogP contribution is -2.24. The predicted molar refractivity (Wildman–Crippen MR) is 103 cm³/mol. The quantitative estimate of drug-likeness (QED) is 0.600. The minimum atomic E-state index is -3.35. The van der Waals surface area contributed by atoms with Crippen molar-refractivity contribution < 1.29 is 13.2 Å². The second-order valence-corrected chi connectivity index (χ2v) is 8.58. The Morgan fingerprint density at radius 3 is 2.62 bits per heavy atom. The molecule has 0 radical (unpaired) electrons. The molecule has 2 rings (SSSR count). The van der Waals surface area contributed by atoms with E-state index in [1.165, 1.54) is 5.56 Å². The Hall–Kier alpha value is -1.70. The second-order valence-electron chi connectivity index (χ2n) is 6.41. The van der Waals surface area contributed by atoms with Crippen LogP contribution in [0.25, 0.3) is 0 Å². The lowest BCUT2D eigenvalue weighted by atomic mass is 10.1. The third kappa shape index (κ3) is 5.65. The van der Waals surface area contributed by atoms with E-state index in [2.05, 4.69) is 22.0 Å². The first-order chi connectivity index (χ1) is 12.5. The third-order valence-corrected chi connectivity index (χ3v) is 6.00. The Bertz CT molecular complexity index is 773. The number of benzene rings is 1. The van der Waals surface area contributed by atoms with E-state index in [4.69, 9.17) is 4.74 Å². The number of nitrogens with zero attached hydrogens (tertiary/aromatic N) is 3. The number of aromatic nitrogens is 2. The summed E-state index contributed by atoms with van der Waals surface area (Å²) in [6.45, 7) is 4.35. The van der Waals surface area contributed by atoms with Crippen LogP contribution in [0, 0.1) is 0 Å². The first-order valence-electron chi connectivity index (χ1n) is 8.96. The van der Waals surface area contributed by atoms with Crippen LogP contribution in [0.1, 0.15) is 24.6 Å². The number of likely N-dealkylation sites (N-methyl/N-ethyl adjacent to an activating group) is 1. The number of aryl methyl sites for hydroxylation is 1. The fraction of sp³-hybridized carbons (Fsp3) is 0.526. The van der Waals surface area contributed by atoms with Gasteiger partial charge in [0.1, 0.15) is 0 Å². The molecule has 0 atom stereocenters. The standard InChI is InChI=1S/C19H29N3O3S/c1-4-26(23,24)19-20-15-18(16-21(2)13-14-25-3)22(19)12-8-11-17-9-6-5-7-10-17/h5-7,9-10,15H,4,8,11-14,16H2,1-3H3. The highest BCUT2D eigenvalue weighted by atomic mass is 32.2. The van der Waals surface area contributed by atoms with Gasteiger partial charge in [0, 0.05) is 26.7 Å². The van der Waals surface area contributed by atoms with E-state index in [9.17, 15) is 8.42 Å². The molecule has 2 aromatic rings. The van der Waals surface area contributed by atoms with Gasteiger partial charge in [-0.15, -0.1) is 0 Å². The molecule has 1 heterocycles. The lowest BCUT2D eigenvalue weighted by molar-refractivity contribution is 0.157. The monoisotopic (exact) mass is 379 g/mol. The van der Waals surface area contributed by atoms with Gasteiger partial charge < -0.3 is 9.30 Å². The Morgan fingerprint density at radius 2 is 1.96 bits per heavy atom. The van der Waals surface area contributed by atoms with Crippen molar-refractivity contribution in [1.82, 2.24) is 14.5 Å². The maximum atomic E-state index is 12.4. The van der Waals surface area contributed by atoms with E-state index in [1.54, 1.807) is 20.2 Å². The smallest absolute Gasteiger partial charge is 0.227 e. The van der Waals surface area contributed by atoms with E-state index in [0.29, 0.717) is 19.7 Å². The maximum Gasteiger partial charge on any atom is 0.227 e. The molecule has 0 spiro atoms. The summed E-state index contributed by atoms with van der Waals surface area (Å²) in [5.74, 6) is 0.0572. The highest BCUT2D eigenvalue weighted by Gasteiger charge is 2.21. The number of imidazole rings is 1. The number of methoxy groups -OCH3 is 1. The molecule has 26 heavy (non-hydrogen) atoms. The van der Waals surface area contributed by atoms with Crippen LogP contribution in [0.3, 0.4) is 0 Å². The van der Waals surface area contributed by atoms with Gasteiger partial charge in [-0.2, -0.15) is 0 Å². The van der Waals surface area contributed by atoms with E-state index < -0.39 is 9.84 Å². The highest BCUT2D eigenvalue weighted by molar-refractivity contribution is 7.91. The average molecular weight is 380 g/mol. The zero-order valence-electron chi connectivity index (χ0n) is 15.9. The molecule has 0 bridgehead atoms. The van der Waals surface area contributed by atoms with Gasteiger partial charge in [-0.25, -0.2) is 13.4 Å². The van der Waals surface area contributed by atoms with Gasteiger partial charge in [-0.1, -0.05) is 37.3 Å². The van der Waals surface area contributed by atoms with Crippen LogP contribution < -0.4 is 0 Å². The molecule has 0 fully saturated rings. The van der Waals surface area contributed by atoms with Crippen LogP contribution >= 0.6 is 0 Å². The predicted octanol–water partition coefficient (Wildman–Crippen LogP) is 2.39. The van der Waals surface area contributed by atoms with Crippen LogP contribution in [-0.4, -0.2) is 55.9 Å². The first kappa shape index (κ1) is 20.6. The molecule has 7 heteroatoms. The Balaban J connectivity index is 2.15. The summed E-state index contributed by atoms with van der Waals surface area (Å²) < 4.78 is 31.8. The molecule has 0 unspecified atom stereocenters. The Morgan fingerprint density at radius 1 is 1.23 bits per heavy atom. The van der Waals surface area contributed by atoms with Crippen molar-refractivity contribution >= 4 is 9.84 Å². The molecule has 144 valence electrons. The second kappa shape index (κ2) is 9.85. The van der Waals surface area contributed by atoms with E-state index >= 15 is 0 Å². The van der Waals surface area contributed by atoms with Gasteiger partial charge in [0.05, 0.1) is 24.3 Å². The highest BCUT2D eigenvalue weighted by Crippen LogP contribution is 2.16. The number of hydrogen-bond donors (Lipinski definition) is 0. The molecule has 0 N–H and O–H groups in total. The molecule has 0 aliphatic carbocycles. The largest absolute Gasteiger partial charge is 0.383 e. The molecule has 0 aliphatic heterocycles. The molecular formula is C19H29N3O3S. The number of sulfone groups is 1. The first-order valence-corrected chi connectivity index (χ1v) is 10.6. The number of rotatable bonds is 11. The van der Waals surface area contributed by atoms with Crippen molar-refractivity contribution in [3.63, 3.8) is 0 Å². The van der Waals surface area contributed by atoms with Crippen molar-refractivity contribution in [2.45, 2.75) is 38.0 Å². The van der Waals surface area contributed by atoms with Crippen molar-refractivity contribution in [2.24, 2.45) is 0 Å². The number of hydrogen-bond acceptors (Lipinski definition) is 5. The molecule has 0 aliphatic rings. The molecular weight excluding hydrogens is 350 g/mol. The summed E-state index contributed by atoms with van der Waals surface area (Å²) in [5.41, 5.74) is 2.18. The van der Waals surface area contributed by atoms with Crippen LogP contribution in [0.2, 0.25) is 0 Å². The normalized spacial score (nSPS) is 12.0. The van der Waals surface area contributed by atoms with E-state index in [1.807, 2.05) is 29.8 Å². The third-order valence-electron chi connectivity index (χ3n) is 4.36. The van der Waals surface area contributed by atoms with Gasteiger partial charge in [0.2, 0.25) is 15.0 Å². The summed E-state index contributed by atoms with van der Waals surface area (Å²) in [6.07, 6.45) is 3.46. The Kier molecular flexibility index (Phi) is 7.81. The van der Waals surface area contributed by atoms with Crippen molar-refractivity contribution in [1.29, 1.82) is 0 Å². The van der Waals surface area contributed by atoms with Crippen molar-refractivity contribution in [2.75, 3.05) is 33.1 Å². The van der Waals surface area contributed by atoms with Crippen LogP contribution in [0.4, 0.5) is 0 Å². The Labute approximate surface area is 156 Å². The summed E-state index contributed by atoms with van der Waals surface area (Å²) in [7, 11) is 0.321. The average Bonchev–Trinajstić information content (AvgIpc) is 3.04. The minimum absolute atomic E-state index is 0.0572. The summed E-state index contributed by atoms with van der Waals surface area (Å²) in [5, 5.41) is 0.184. The van der Waals surface area contributed by atoms with E-state index in [0.717, 1.165) is 25.1 Å². The zero-order chi connectivity index (χ0) is 19.0. The zero-order valence-corrected chi connectivity index (χ0v) is 16.7. The van der Waals surface area contributed by atoms with Crippen molar-refractivity contribution in [3.05, 3.63) is 47.8 Å². The van der Waals surface area contributed by atoms with Gasteiger partial charge in [0.15, 0.2) is 0 Å². The summed E-state index contributed by atoms with van der Waals surface area (Å²) in [6, 6.07) is 10.2. The molecule has 0 saturated heterocycles. The van der Waals surface area contributed by atoms with Crippen LogP contribution in [0.5, 0.6) is 0 Å². The van der Waals surface area contributed by atoms with Crippen LogP contribution in [-0.2, 0) is 34.1 Å². The topological polar surface area (TPSA) is 64.4 Å². The molecule has 0 saturated carbocycles. The van der Waals surface area contributed by atoms with Crippen molar-refractivity contribution in [3.8, 4) is 0 Å². The molecule has 1 aromatic heterocycles. The summed E-state index contributed by atoms with van der Waals surface area (Å²) >= 11 is 0. The SMILES string of the molecule is CCS(=O)(=O)c1ncc(CN(C)CCOC)n1CCCc1ccccc1. The lowest BCUT2D eigenvalue weighted by Gasteiger charge is -2.18.